The maximum Gasteiger partial charge on any atom is 0.164 e. The van der Waals surface area contributed by atoms with E-state index in [1.54, 1.807) is 12.4 Å². The van der Waals surface area contributed by atoms with E-state index < -0.39 is 0 Å². The highest BCUT2D eigenvalue weighted by Gasteiger charge is 2.20. The van der Waals surface area contributed by atoms with E-state index in [0.29, 0.717) is 17.5 Å². The van der Waals surface area contributed by atoms with Crippen molar-refractivity contribution in [2.24, 2.45) is 0 Å². The number of furan rings is 2. The Morgan fingerprint density at radius 2 is 0.930 bits per heavy atom. The summed E-state index contributed by atoms with van der Waals surface area (Å²) in [4.78, 5) is 20.0. The van der Waals surface area contributed by atoms with Gasteiger partial charge in [-0.25, -0.2) is 15.0 Å². The van der Waals surface area contributed by atoms with Gasteiger partial charge >= 0.3 is 0 Å². The summed E-state index contributed by atoms with van der Waals surface area (Å²) in [6.07, 6.45) is 3.57. The Bertz CT molecular complexity index is 3500. The molecule has 0 N–H and O–H groups in total. The molecule has 12 rings (SSSR count). The van der Waals surface area contributed by atoms with Crippen LogP contribution in [-0.2, 0) is 0 Å². The van der Waals surface area contributed by atoms with Gasteiger partial charge in [-0.3, -0.25) is 4.98 Å². The molecular formula is C50H29N5O2. The molecule has 5 heterocycles. The van der Waals surface area contributed by atoms with E-state index in [1.807, 2.05) is 48.5 Å². The van der Waals surface area contributed by atoms with Crippen molar-refractivity contribution in [1.29, 1.82) is 0 Å². The number of hydrogen-bond acceptors (Lipinski definition) is 6. The van der Waals surface area contributed by atoms with Crippen LogP contribution >= 0.6 is 0 Å². The second kappa shape index (κ2) is 12.3. The number of rotatable bonds is 5. The molecule has 0 atom stereocenters. The smallest absolute Gasteiger partial charge is 0.164 e. The average Bonchev–Trinajstić information content (AvgIpc) is 3.96. The van der Waals surface area contributed by atoms with Gasteiger partial charge in [-0.05, 0) is 65.7 Å². The fourth-order valence-corrected chi connectivity index (χ4v) is 8.45. The van der Waals surface area contributed by atoms with Gasteiger partial charge < -0.3 is 13.4 Å². The van der Waals surface area contributed by atoms with Crippen LogP contribution in [0.3, 0.4) is 0 Å². The van der Waals surface area contributed by atoms with Crippen molar-refractivity contribution in [3.05, 3.63) is 176 Å². The molecule has 0 saturated heterocycles. The van der Waals surface area contributed by atoms with Crippen LogP contribution in [0.1, 0.15) is 0 Å². The number of hydrogen-bond donors (Lipinski definition) is 0. The van der Waals surface area contributed by atoms with Crippen molar-refractivity contribution in [2.45, 2.75) is 0 Å². The van der Waals surface area contributed by atoms with Crippen molar-refractivity contribution < 1.29 is 8.83 Å². The largest absolute Gasteiger partial charge is 0.456 e. The molecule has 7 aromatic carbocycles. The summed E-state index contributed by atoms with van der Waals surface area (Å²) in [7, 11) is 0. The minimum atomic E-state index is 0.565. The second-order valence-electron chi connectivity index (χ2n) is 14.2. The number of para-hydroxylation sites is 3. The van der Waals surface area contributed by atoms with Crippen LogP contribution in [-0.4, -0.2) is 24.5 Å². The van der Waals surface area contributed by atoms with Crippen LogP contribution in [0, 0.1) is 0 Å². The van der Waals surface area contributed by atoms with Crippen LogP contribution in [0.25, 0.3) is 117 Å². The third-order valence-corrected chi connectivity index (χ3v) is 11.0. The SMILES string of the molecule is c1cc(-c2nc(-c3cccc(-n4c5ccccc5c5ccccc54)c3)nc(-c3cccc4oc5ccccc5c34)n2)cc(-c2cccc3oc4cnccc4c23)c1. The van der Waals surface area contributed by atoms with E-state index in [1.165, 1.54) is 10.8 Å². The lowest BCUT2D eigenvalue weighted by Gasteiger charge is -2.12. The summed E-state index contributed by atoms with van der Waals surface area (Å²) >= 11 is 0. The zero-order chi connectivity index (χ0) is 37.5. The maximum atomic E-state index is 6.31. The number of fused-ring (bicyclic) bond motifs is 9. The molecular weight excluding hydrogens is 703 g/mol. The Kier molecular flexibility index (Phi) is 6.79. The van der Waals surface area contributed by atoms with Gasteiger partial charge in [0.2, 0.25) is 0 Å². The Balaban J connectivity index is 1.08. The first-order chi connectivity index (χ1) is 28.2. The monoisotopic (exact) mass is 731 g/mol. The Morgan fingerprint density at radius 3 is 1.70 bits per heavy atom. The minimum Gasteiger partial charge on any atom is -0.456 e. The summed E-state index contributed by atoms with van der Waals surface area (Å²) < 4.78 is 14.8. The van der Waals surface area contributed by atoms with Gasteiger partial charge in [0.15, 0.2) is 23.1 Å². The molecule has 0 bridgehead atoms. The van der Waals surface area contributed by atoms with Gasteiger partial charge in [-0.1, -0.05) is 109 Å². The lowest BCUT2D eigenvalue weighted by atomic mass is 9.98. The first-order valence-corrected chi connectivity index (χ1v) is 18.9. The molecule has 0 amide bonds. The van der Waals surface area contributed by atoms with Crippen LogP contribution in [0.5, 0.6) is 0 Å². The summed E-state index contributed by atoms with van der Waals surface area (Å²) in [5, 5.41) is 6.46. The molecule has 57 heavy (non-hydrogen) atoms. The fraction of sp³-hybridized carbons (Fsp3) is 0. The summed E-state index contributed by atoms with van der Waals surface area (Å²) in [6, 6.07) is 56.3. The van der Waals surface area contributed by atoms with Gasteiger partial charge in [0.05, 0.1) is 17.2 Å². The number of pyridine rings is 1. The molecule has 0 aliphatic carbocycles. The Morgan fingerprint density at radius 1 is 0.386 bits per heavy atom. The molecule has 0 spiro atoms. The minimum absolute atomic E-state index is 0.565. The van der Waals surface area contributed by atoms with Gasteiger partial charge in [0.1, 0.15) is 16.7 Å². The normalized spacial score (nSPS) is 11.9. The molecule has 7 heteroatoms. The third kappa shape index (κ3) is 4.92. The topological polar surface area (TPSA) is 82.8 Å². The molecule has 0 unspecified atom stereocenters. The van der Waals surface area contributed by atoms with E-state index in [9.17, 15) is 0 Å². The molecule has 0 aliphatic heterocycles. The van der Waals surface area contributed by atoms with Gasteiger partial charge in [0, 0.05) is 60.9 Å². The number of benzene rings is 7. The lowest BCUT2D eigenvalue weighted by Crippen LogP contribution is -2.01. The molecule has 7 nitrogen and oxygen atoms in total. The lowest BCUT2D eigenvalue weighted by molar-refractivity contribution is 0.667. The molecule has 0 saturated carbocycles. The van der Waals surface area contributed by atoms with Crippen LogP contribution < -0.4 is 0 Å². The van der Waals surface area contributed by atoms with Crippen LogP contribution in [0.2, 0.25) is 0 Å². The van der Waals surface area contributed by atoms with Crippen molar-refractivity contribution >= 4 is 65.7 Å². The maximum absolute atomic E-state index is 6.31. The number of nitrogens with zero attached hydrogens (tertiary/aromatic N) is 5. The highest BCUT2D eigenvalue weighted by Crippen LogP contribution is 2.40. The van der Waals surface area contributed by atoms with E-state index in [4.69, 9.17) is 23.8 Å². The van der Waals surface area contributed by atoms with Gasteiger partial charge in [0.25, 0.3) is 0 Å². The standard InChI is InChI=1S/C50H29N5O2/c1-4-20-40-35(15-1)36-16-2-5-21-41(36)55(40)33-14-8-13-32(28-33)49-52-48(53-50(54-49)39-19-10-24-44-47(39)37-17-3-6-22-42(37)56-44)31-12-7-11-30(27-31)34-18-9-23-43-46(34)38-25-26-51-29-45(38)57-43/h1-29H. The zero-order valence-corrected chi connectivity index (χ0v) is 30.3. The third-order valence-electron chi connectivity index (χ3n) is 11.0. The van der Waals surface area contributed by atoms with E-state index in [0.717, 1.165) is 88.4 Å². The molecule has 0 aliphatic rings. The highest BCUT2D eigenvalue weighted by molar-refractivity contribution is 6.13. The van der Waals surface area contributed by atoms with Gasteiger partial charge in [-0.2, -0.15) is 0 Å². The van der Waals surface area contributed by atoms with Crippen LogP contribution in [0.4, 0.5) is 0 Å². The molecule has 0 radical (unpaired) electrons. The first kappa shape index (κ1) is 31.5. The predicted octanol–water partition coefficient (Wildman–Crippen LogP) is 12.8. The predicted molar refractivity (Wildman–Crippen MR) is 228 cm³/mol. The summed E-state index contributed by atoms with van der Waals surface area (Å²) in [6.45, 7) is 0. The van der Waals surface area contributed by atoms with Crippen molar-refractivity contribution in [2.75, 3.05) is 0 Å². The van der Waals surface area contributed by atoms with Crippen molar-refractivity contribution in [1.82, 2.24) is 24.5 Å². The second-order valence-corrected chi connectivity index (χ2v) is 14.2. The quantitative estimate of drug-likeness (QED) is 0.175. The molecule has 5 aromatic heterocycles. The van der Waals surface area contributed by atoms with E-state index in [-0.39, 0.29) is 0 Å². The molecule has 12 aromatic rings. The van der Waals surface area contributed by atoms with E-state index in [2.05, 4.69) is 125 Å². The first-order valence-electron chi connectivity index (χ1n) is 18.9. The highest BCUT2D eigenvalue weighted by atomic mass is 16.3. The average molecular weight is 732 g/mol. The van der Waals surface area contributed by atoms with Crippen LogP contribution in [0.15, 0.2) is 185 Å². The zero-order valence-electron chi connectivity index (χ0n) is 30.3. The van der Waals surface area contributed by atoms with E-state index >= 15 is 0 Å². The fourth-order valence-electron chi connectivity index (χ4n) is 8.45. The molecule has 0 fully saturated rings. The Labute approximate surface area is 325 Å². The molecule has 266 valence electrons. The number of aromatic nitrogens is 5. The van der Waals surface area contributed by atoms with Gasteiger partial charge in [-0.15, -0.1) is 0 Å². The summed E-state index contributed by atoms with van der Waals surface area (Å²) in [5.74, 6) is 1.70. The Hall–Kier alpha value is -7.90. The van der Waals surface area contributed by atoms with Crippen molar-refractivity contribution in [3.63, 3.8) is 0 Å². The summed E-state index contributed by atoms with van der Waals surface area (Å²) in [5.41, 5.74) is 11.2. The van der Waals surface area contributed by atoms with Crippen molar-refractivity contribution in [3.8, 4) is 51.0 Å².